The fraction of sp³-hybridized carbons (Fsp3) is 0.286. The largest absolute Gasteiger partial charge is 0.368 e. The normalized spacial score (nSPS) is 12.1. The lowest BCUT2D eigenvalue weighted by atomic mass is 10.1. The molecule has 1 aromatic carbocycles. The molecule has 2 rings (SSSR count). The van der Waals surface area contributed by atoms with E-state index in [0.29, 0.717) is 12.0 Å². The third-order valence-corrected chi connectivity index (χ3v) is 2.76. The first kappa shape index (κ1) is 12.4. The van der Waals surface area contributed by atoms with E-state index in [1.54, 1.807) is 6.20 Å². The lowest BCUT2D eigenvalue weighted by Crippen LogP contribution is -2.20. The summed E-state index contributed by atoms with van der Waals surface area (Å²) in [7, 11) is 0. The molecule has 4 nitrogen and oxygen atoms in total. The van der Waals surface area contributed by atoms with Crippen LogP contribution in [-0.2, 0) is 6.42 Å². The van der Waals surface area contributed by atoms with E-state index in [-0.39, 0.29) is 0 Å². The third-order valence-electron chi connectivity index (χ3n) is 2.76. The minimum absolute atomic E-state index is 0.292. The van der Waals surface area contributed by atoms with Crippen molar-refractivity contribution in [1.82, 2.24) is 9.97 Å². The molecular weight excluding hydrogens is 224 g/mol. The zero-order valence-corrected chi connectivity index (χ0v) is 10.7. The van der Waals surface area contributed by atoms with Crippen LogP contribution >= 0.6 is 0 Å². The Bertz CT molecular complexity index is 510. The summed E-state index contributed by atoms with van der Waals surface area (Å²) in [5.74, 6) is 1.11. The van der Waals surface area contributed by atoms with Crippen molar-refractivity contribution >= 4 is 11.8 Å². The molecule has 0 radical (unpaired) electrons. The topological polar surface area (TPSA) is 63.8 Å². The molecule has 3 N–H and O–H groups in total. The van der Waals surface area contributed by atoms with Gasteiger partial charge in [-0.2, -0.15) is 4.98 Å². The van der Waals surface area contributed by atoms with Crippen LogP contribution in [0.3, 0.4) is 0 Å². The Labute approximate surface area is 107 Å². The van der Waals surface area contributed by atoms with Gasteiger partial charge < -0.3 is 11.1 Å². The van der Waals surface area contributed by atoms with Crippen LogP contribution in [0.5, 0.6) is 0 Å². The van der Waals surface area contributed by atoms with Crippen LogP contribution in [0.1, 0.15) is 18.1 Å². The molecule has 0 fully saturated rings. The first-order valence-electron chi connectivity index (χ1n) is 6.04. The molecule has 1 atom stereocenters. The van der Waals surface area contributed by atoms with Gasteiger partial charge in [0.1, 0.15) is 5.82 Å². The Morgan fingerprint density at radius 3 is 2.72 bits per heavy atom. The Morgan fingerprint density at radius 2 is 2.00 bits per heavy atom. The number of nitrogens with one attached hydrogen (secondary N) is 1. The van der Waals surface area contributed by atoms with Crippen LogP contribution in [0.4, 0.5) is 11.8 Å². The van der Waals surface area contributed by atoms with E-state index in [1.165, 1.54) is 5.56 Å². The molecule has 0 spiro atoms. The number of aromatic nitrogens is 2. The van der Waals surface area contributed by atoms with Crippen molar-refractivity contribution in [2.24, 2.45) is 0 Å². The van der Waals surface area contributed by atoms with Gasteiger partial charge in [-0.05, 0) is 25.8 Å². The highest BCUT2D eigenvalue weighted by Gasteiger charge is 2.07. The number of aryl methyl sites for hydroxylation is 1. The predicted octanol–water partition coefficient (Wildman–Crippen LogP) is 2.41. The maximum absolute atomic E-state index is 5.59. The highest BCUT2D eigenvalue weighted by Crippen LogP contribution is 2.14. The van der Waals surface area contributed by atoms with Crippen molar-refractivity contribution in [2.75, 3.05) is 11.1 Å². The van der Waals surface area contributed by atoms with Crippen LogP contribution in [0, 0.1) is 6.92 Å². The van der Waals surface area contributed by atoms with Crippen LogP contribution in [0.2, 0.25) is 0 Å². The van der Waals surface area contributed by atoms with Crippen molar-refractivity contribution in [1.29, 1.82) is 0 Å². The number of hydrogen-bond donors (Lipinski definition) is 2. The standard InChI is InChI=1S/C14H18N4/c1-10-9-16-14(15)18-13(10)17-11(2)8-12-6-4-3-5-7-12/h3-7,9,11H,8H2,1-2H3,(H3,15,16,17,18). The van der Waals surface area contributed by atoms with Gasteiger partial charge in [-0.25, -0.2) is 4.98 Å². The van der Waals surface area contributed by atoms with Crippen LogP contribution < -0.4 is 11.1 Å². The minimum atomic E-state index is 0.292. The van der Waals surface area contributed by atoms with Crippen LogP contribution in [0.25, 0.3) is 0 Å². The molecule has 2 aromatic rings. The van der Waals surface area contributed by atoms with Gasteiger partial charge in [0, 0.05) is 17.8 Å². The highest BCUT2D eigenvalue weighted by atomic mass is 15.1. The number of nitrogen functional groups attached to an aromatic ring is 1. The molecule has 0 bridgehead atoms. The summed E-state index contributed by atoms with van der Waals surface area (Å²) in [6.45, 7) is 4.10. The van der Waals surface area contributed by atoms with E-state index in [2.05, 4.69) is 46.5 Å². The Morgan fingerprint density at radius 1 is 1.28 bits per heavy atom. The molecule has 1 unspecified atom stereocenters. The number of anilines is 2. The van der Waals surface area contributed by atoms with Gasteiger partial charge in [-0.15, -0.1) is 0 Å². The molecule has 1 aromatic heterocycles. The molecule has 0 saturated heterocycles. The molecule has 0 aliphatic heterocycles. The molecule has 4 heteroatoms. The summed E-state index contributed by atoms with van der Waals surface area (Å²) < 4.78 is 0. The Kier molecular flexibility index (Phi) is 3.77. The van der Waals surface area contributed by atoms with Crippen LogP contribution in [0.15, 0.2) is 36.5 Å². The fourth-order valence-corrected chi connectivity index (χ4v) is 1.85. The second-order valence-electron chi connectivity index (χ2n) is 4.49. The van der Waals surface area contributed by atoms with Gasteiger partial charge in [0.25, 0.3) is 0 Å². The Hall–Kier alpha value is -2.10. The van der Waals surface area contributed by atoms with E-state index in [9.17, 15) is 0 Å². The van der Waals surface area contributed by atoms with Crippen molar-refractivity contribution < 1.29 is 0 Å². The molecular formula is C14H18N4. The van der Waals surface area contributed by atoms with E-state index >= 15 is 0 Å². The van der Waals surface area contributed by atoms with E-state index in [0.717, 1.165) is 17.8 Å². The van der Waals surface area contributed by atoms with Crippen molar-refractivity contribution in [3.63, 3.8) is 0 Å². The number of rotatable bonds is 4. The summed E-state index contributed by atoms with van der Waals surface area (Å²) >= 11 is 0. The first-order valence-corrected chi connectivity index (χ1v) is 6.04. The highest BCUT2D eigenvalue weighted by molar-refractivity contribution is 5.46. The van der Waals surface area contributed by atoms with Gasteiger partial charge in [0.05, 0.1) is 0 Å². The SMILES string of the molecule is Cc1cnc(N)nc1NC(C)Cc1ccccc1. The molecule has 18 heavy (non-hydrogen) atoms. The van der Waals surface area contributed by atoms with E-state index in [1.807, 2.05) is 13.0 Å². The van der Waals surface area contributed by atoms with E-state index in [4.69, 9.17) is 5.73 Å². The lowest BCUT2D eigenvalue weighted by Gasteiger charge is -2.16. The zero-order valence-electron chi connectivity index (χ0n) is 10.7. The summed E-state index contributed by atoms with van der Waals surface area (Å²) in [5, 5.41) is 3.37. The van der Waals surface area contributed by atoms with Crippen molar-refractivity contribution in [2.45, 2.75) is 26.3 Å². The van der Waals surface area contributed by atoms with Gasteiger partial charge in [0.15, 0.2) is 0 Å². The third kappa shape index (κ3) is 3.20. The molecule has 94 valence electrons. The Balaban J connectivity index is 2.03. The quantitative estimate of drug-likeness (QED) is 0.864. The number of nitrogens with zero attached hydrogens (tertiary/aromatic N) is 2. The summed E-state index contributed by atoms with van der Waals surface area (Å²) in [6.07, 6.45) is 2.68. The minimum Gasteiger partial charge on any atom is -0.368 e. The zero-order chi connectivity index (χ0) is 13.0. The number of nitrogens with two attached hydrogens (primary N) is 1. The summed E-state index contributed by atoms with van der Waals surface area (Å²) in [4.78, 5) is 8.17. The second kappa shape index (κ2) is 5.49. The molecule has 0 aliphatic rings. The van der Waals surface area contributed by atoms with Gasteiger partial charge in [-0.3, -0.25) is 0 Å². The summed E-state index contributed by atoms with van der Waals surface area (Å²) in [5.41, 5.74) is 7.90. The maximum Gasteiger partial charge on any atom is 0.221 e. The molecule has 0 saturated carbocycles. The monoisotopic (exact) mass is 242 g/mol. The van der Waals surface area contributed by atoms with Gasteiger partial charge in [0.2, 0.25) is 5.95 Å². The summed E-state index contributed by atoms with van der Waals surface area (Å²) in [6, 6.07) is 10.7. The lowest BCUT2D eigenvalue weighted by molar-refractivity contribution is 0.782. The van der Waals surface area contributed by atoms with Gasteiger partial charge >= 0.3 is 0 Å². The molecule has 1 heterocycles. The maximum atomic E-state index is 5.59. The number of hydrogen-bond acceptors (Lipinski definition) is 4. The molecule has 0 amide bonds. The molecule has 0 aliphatic carbocycles. The average Bonchev–Trinajstić information content (AvgIpc) is 2.35. The number of benzene rings is 1. The average molecular weight is 242 g/mol. The first-order chi connectivity index (χ1) is 8.65. The van der Waals surface area contributed by atoms with Crippen LogP contribution in [-0.4, -0.2) is 16.0 Å². The van der Waals surface area contributed by atoms with Gasteiger partial charge in [-0.1, -0.05) is 30.3 Å². The van der Waals surface area contributed by atoms with E-state index < -0.39 is 0 Å². The van der Waals surface area contributed by atoms with Crippen molar-refractivity contribution in [3.05, 3.63) is 47.7 Å². The fourth-order valence-electron chi connectivity index (χ4n) is 1.85. The second-order valence-corrected chi connectivity index (χ2v) is 4.49. The smallest absolute Gasteiger partial charge is 0.221 e. The predicted molar refractivity (Wildman–Crippen MR) is 74.4 cm³/mol. The van der Waals surface area contributed by atoms with Crippen molar-refractivity contribution in [3.8, 4) is 0 Å².